The van der Waals surface area contributed by atoms with Gasteiger partial charge in [-0.2, -0.15) is 0 Å². The van der Waals surface area contributed by atoms with Crippen LogP contribution in [0.15, 0.2) is 54.6 Å². The molecular formula is C22H25N3O3. The SMILES string of the molecule is O=C(CNC(=O)NCC1CCCC1)Nc1cccc(C(=O)c2ccccc2)c1. The molecular weight excluding hydrogens is 354 g/mol. The standard InChI is InChI=1S/C22H25N3O3/c26-20(15-24-22(28)23-14-16-7-4-5-8-16)25-19-12-6-11-18(13-19)21(27)17-9-2-1-3-10-17/h1-3,6,9-13,16H,4-5,7-8,14-15H2,(H,25,26)(H2,23,24,28). The Morgan fingerprint density at radius 3 is 2.32 bits per heavy atom. The van der Waals surface area contributed by atoms with Crippen LogP contribution in [0.3, 0.4) is 0 Å². The molecule has 6 heteroatoms. The van der Waals surface area contributed by atoms with E-state index in [4.69, 9.17) is 0 Å². The summed E-state index contributed by atoms with van der Waals surface area (Å²) in [5, 5.41) is 8.08. The Kier molecular flexibility index (Phi) is 6.78. The number of anilines is 1. The molecule has 0 heterocycles. The van der Waals surface area contributed by atoms with Crippen molar-refractivity contribution in [3.8, 4) is 0 Å². The van der Waals surface area contributed by atoms with Crippen LogP contribution in [0.2, 0.25) is 0 Å². The minimum atomic E-state index is -0.347. The first-order valence-electron chi connectivity index (χ1n) is 9.63. The van der Waals surface area contributed by atoms with Gasteiger partial charge in [0.2, 0.25) is 5.91 Å². The molecule has 3 amide bonds. The lowest BCUT2D eigenvalue weighted by molar-refractivity contribution is -0.115. The van der Waals surface area contributed by atoms with Crippen molar-refractivity contribution in [3.63, 3.8) is 0 Å². The molecule has 2 aromatic carbocycles. The Hall–Kier alpha value is -3.15. The van der Waals surface area contributed by atoms with Crippen molar-refractivity contribution in [2.24, 2.45) is 5.92 Å². The van der Waals surface area contributed by atoms with Gasteiger partial charge in [-0.1, -0.05) is 55.3 Å². The Labute approximate surface area is 164 Å². The van der Waals surface area contributed by atoms with Crippen molar-refractivity contribution < 1.29 is 14.4 Å². The smallest absolute Gasteiger partial charge is 0.315 e. The average Bonchev–Trinajstić information content (AvgIpc) is 3.25. The molecule has 0 bridgehead atoms. The van der Waals surface area contributed by atoms with E-state index in [2.05, 4.69) is 16.0 Å². The van der Waals surface area contributed by atoms with Crippen LogP contribution >= 0.6 is 0 Å². The van der Waals surface area contributed by atoms with E-state index in [1.807, 2.05) is 18.2 Å². The maximum atomic E-state index is 12.5. The lowest BCUT2D eigenvalue weighted by Crippen LogP contribution is -2.41. The summed E-state index contributed by atoms with van der Waals surface area (Å²) in [4.78, 5) is 36.4. The zero-order valence-corrected chi connectivity index (χ0v) is 15.7. The number of ketones is 1. The zero-order valence-electron chi connectivity index (χ0n) is 15.7. The molecule has 0 atom stereocenters. The second kappa shape index (κ2) is 9.69. The van der Waals surface area contributed by atoms with Gasteiger partial charge in [0.05, 0.1) is 6.54 Å². The summed E-state index contributed by atoms with van der Waals surface area (Å²) >= 11 is 0. The van der Waals surface area contributed by atoms with Crippen molar-refractivity contribution in [1.82, 2.24) is 10.6 Å². The number of amides is 3. The molecule has 0 aliphatic heterocycles. The van der Waals surface area contributed by atoms with Crippen molar-refractivity contribution >= 4 is 23.4 Å². The van der Waals surface area contributed by atoms with E-state index in [1.54, 1.807) is 36.4 Å². The van der Waals surface area contributed by atoms with Gasteiger partial charge < -0.3 is 16.0 Å². The van der Waals surface area contributed by atoms with Crippen LogP contribution in [-0.2, 0) is 4.79 Å². The zero-order chi connectivity index (χ0) is 19.8. The average molecular weight is 379 g/mol. The summed E-state index contributed by atoms with van der Waals surface area (Å²) in [7, 11) is 0. The van der Waals surface area contributed by atoms with Gasteiger partial charge in [-0.25, -0.2) is 4.79 Å². The Bertz CT molecular complexity index is 830. The third-order valence-corrected chi connectivity index (χ3v) is 4.88. The second-order valence-electron chi connectivity index (χ2n) is 7.04. The van der Waals surface area contributed by atoms with Crippen LogP contribution < -0.4 is 16.0 Å². The number of carbonyl (C=O) groups is 3. The summed E-state index contributed by atoms with van der Waals surface area (Å²) < 4.78 is 0. The molecule has 1 aliphatic carbocycles. The fourth-order valence-electron chi connectivity index (χ4n) is 3.37. The van der Waals surface area contributed by atoms with E-state index < -0.39 is 0 Å². The Balaban J connectivity index is 1.47. The Morgan fingerprint density at radius 2 is 1.57 bits per heavy atom. The van der Waals surface area contributed by atoms with Gasteiger partial charge in [-0.15, -0.1) is 0 Å². The summed E-state index contributed by atoms with van der Waals surface area (Å²) in [6, 6.07) is 15.4. The minimum absolute atomic E-state index is 0.110. The minimum Gasteiger partial charge on any atom is -0.338 e. The first-order chi connectivity index (χ1) is 13.6. The second-order valence-corrected chi connectivity index (χ2v) is 7.04. The number of urea groups is 1. The highest BCUT2D eigenvalue weighted by Crippen LogP contribution is 2.23. The van der Waals surface area contributed by atoms with Gasteiger partial charge in [-0.3, -0.25) is 9.59 Å². The van der Waals surface area contributed by atoms with Gasteiger partial charge in [-0.05, 0) is 30.9 Å². The third-order valence-electron chi connectivity index (χ3n) is 4.88. The number of rotatable bonds is 7. The molecule has 1 aliphatic rings. The highest BCUT2D eigenvalue weighted by Gasteiger charge is 2.16. The molecule has 3 rings (SSSR count). The van der Waals surface area contributed by atoms with Crippen LogP contribution in [0.5, 0.6) is 0 Å². The summed E-state index contributed by atoms with van der Waals surface area (Å²) in [6.07, 6.45) is 4.75. The summed E-state index contributed by atoms with van der Waals surface area (Å²) in [5.74, 6) is 0.0888. The predicted molar refractivity (Wildman–Crippen MR) is 108 cm³/mol. The fraction of sp³-hybridized carbons (Fsp3) is 0.318. The van der Waals surface area contributed by atoms with E-state index in [9.17, 15) is 14.4 Å². The van der Waals surface area contributed by atoms with Gasteiger partial charge in [0.15, 0.2) is 5.78 Å². The number of benzene rings is 2. The van der Waals surface area contributed by atoms with Crippen molar-refractivity contribution in [2.75, 3.05) is 18.4 Å². The first kappa shape index (κ1) is 19.6. The van der Waals surface area contributed by atoms with E-state index in [0.29, 0.717) is 29.3 Å². The van der Waals surface area contributed by atoms with Crippen molar-refractivity contribution in [1.29, 1.82) is 0 Å². The number of nitrogens with one attached hydrogen (secondary N) is 3. The van der Waals surface area contributed by atoms with Gasteiger partial charge in [0, 0.05) is 23.4 Å². The van der Waals surface area contributed by atoms with Crippen LogP contribution in [0.25, 0.3) is 0 Å². The van der Waals surface area contributed by atoms with E-state index in [0.717, 1.165) is 12.8 Å². The topological polar surface area (TPSA) is 87.3 Å². The molecule has 1 fully saturated rings. The fourth-order valence-corrected chi connectivity index (χ4v) is 3.37. The molecule has 0 spiro atoms. The van der Waals surface area contributed by atoms with Gasteiger partial charge >= 0.3 is 6.03 Å². The largest absolute Gasteiger partial charge is 0.338 e. The van der Waals surface area contributed by atoms with Crippen LogP contribution in [-0.4, -0.2) is 30.8 Å². The van der Waals surface area contributed by atoms with Crippen LogP contribution in [0.1, 0.15) is 41.6 Å². The molecule has 3 N–H and O–H groups in total. The molecule has 28 heavy (non-hydrogen) atoms. The maximum Gasteiger partial charge on any atom is 0.315 e. The predicted octanol–water partition coefficient (Wildman–Crippen LogP) is 3.35. The van der Waals surface area contributed by atoms with Crippen LogP contribution in [0, 0.1) is 5.92 Å². The molecule has 2 aromatic rings. The first-order valence-corrected chi connectivity index (χ1v) is 9.63. The molecule has 0 aromatic heterocycles. The molecule has 0 unspecified atom stereocenters. The lowest BCUT2D eigenvalue weighted by Gasteiger charge is -2.12. The number of carbonyl (C=O) groups excluding carboxylic acids is 3. The van der Waals surface area contributed by atoms with Crippen LogP contribution in [0.4, 0.5) is 10.5 Å². The maximum absolute atomic E-state index is 12.5. The van der Waals surface area contributed by atoms with E-state index in [1.165, 1.54) is 12.8 Å². The van der Waals surface area contributed by atoms with E-state index in [-0.39, 0.29) is 24.3 Å². The van der Waals surface area contributed by atoms with Crippen molar-refractivity contribution in [2.45, 2.75) is 25.7 Å². The van der Waals surface area contributed by atoms with Gasteiger partial charge in [0.1, 0.15) is 0 Å². The molecule has 0 saturated heterocycles. The summed E-state index contributed by atoms with van der Waals surface area (Å²) in [6.45, 7) is 0.518. The number of hydrogen-bond donors (Lipinski definition) is 3. The summed E-state index contributed by atoms with van der Waals surface area (Å²) in [5.41, 5.74) is 1.60. The quantitative estimate of drug-likeness (QED) is 0.645. The van der Waals surface area contributed by atoms with E-state index >= 15 is 0 Å². The highest BCUT2D eigenvalue weighted by molar-refractivity contribution is 6.09. The molecule has 0 radical (unpaired) electrons. The van der Waals surface area contributed by atoms with Gasteiger partial charge in [0.25, 0.3) is 0 Å². The third kappa shape index (κ3) is 5.67. The molecule has 6 nitrogen and oxygen atoms in total. The molecule has 1 saturated carbocycles. The molecule has 146 valence electrons. The van der Waals surface area contributed by atoms with Crippen molar-refractivity contribution in [3.05, 3.63) is 65.7 Å². The Morgan fingerprint density at radius 1 is 0.857 bits per heavy atom. The monoisotopic (exact) mass is 379 g/mol. The lowest BCUT2D eigenvalue weighted by atomic mass is 10.0. The normalized spacial score (nSPS) is 13.7. The highest BCUT2D eigenvalue weighted by atomic mass is 16.2. The number of hydrogen-bond acceptors (Lipinski definition) is 3.